The van der Waals surface area contributed by atoms with Crippen LogP contribution < -0.4 is 4.74 Å². The summed E-state index contributed by atoms with van der Waals surface area (Å²) in [4.78, 5) is 0. The van der Waals surface area contributed by atoms with Crippen LogP contribution in [0.1, 0.15) is 11.1 Å². The van der Waals surface area contributed by atoms with Crippen LogP contribution in [0.3, 0.4) is 0 Å². The lowest BCUT2D eigenvalue weighted by molar-refractivity contribution is 0.305. The van der Waals surface area contributed by atoms with E-state index < -0.39 is 5.82 Å². The Morgan fingerprint density at radius 1 is 1.05 bits per heavy atom. The van der Waals surface area contributed by atoms with Crippen molar-refractivity contribution in [3.8, 4) is 11.8 Å². The summed E-state index contributed by atoms with van der Waals surface area (Å²) in [5.41, 5.74) is 0.761. The van der Waals surface area contributed by atoms with E-state index >= 15 is 0 Å². The van der Waals surface area contributed by atoms with E-state index in [4.69, 9.17) is 44.8 Å². The lowest BCUT2D eigenvalue weighted by Crippen LogP contribution is -1.99. The van der Waals surface area contributed by atoms with Crippen molar-refractivity contribution in [2.24, 2.45) is 0 Å². The third-order valence-electron chi connectivity index (χ3n) is 2.55. The first kappa shape index (κ1) is 14.9. The van der Waals surface area contributed by atoms with Crippen molar-refractivity contribution in [2.75, 3.05) is 0 Å². The number of hydrogen-bond acceptors (Lipinski definition) is 2. The molecule has 0 saturated heterocycles. The highest BCUT2D eigenvalue weighted by molar-refractivity contribution is 6.43. The average Bonchev–Trinajstić information content (AvgIpc) is 2.41. The van der Waals surface area contributed by atoms with Gasteiger partial charge < -0.3 is 4.74 Å². The van der Waals surface area contributed by atoms with Gasteiger partial charge in [0.25, 0.3) is 0 Å². The van der Waals surface area contributed by atoms with Gasteiger partial charge in [-0.25, -0.2) is 4.39 Å². The molecule has 20 heavy (non-hydrogen) atoms. The second kappa shape index (κ2) is 6.32. The third-order valence-corrected chi connectivity index (χ3v) is 3.56. The highest BCUT2D eigenvalue weighted by Crippen LogP contribution is 2.34. The Bertz CT molecular complexity index is 698. The Labute approximate surface area is 130 Å². The number of nitrogens with zero attached hydrogens (tertiary/aromatic N) is 1. The molecule has 0 atom stereocenters. The van der Waals surface area contributed by atoms with E-state index in [1.54, 1.807) is 0 Å². The van der Waals surface area contributed by atoms with E-state index in [0.717, 1.165) is 0 Å². The predicted molar refractivity (Wildman–Crippen MR) is 76.9 cm³/mol. The highest BCUT2D eigenvalue weighted by atomic mass is 35.5. The van der Waals surface area contributed by atoms with E-state index in [1.807, 2.05) is 6.07 Å². The maximum absolute atomic E-state index is 13.2. The summed E-state index contributed by atoms with van der Waals surface area (Å²) < 4.78 is 18.6. The molecule has 0 N–H and O–H groups in total. The molecule has 0 amide bonds. The van der Waals surface area contributed by atoms with Crippen molar-refractivity contribution in [3.63, 3.8) is 0 Å². The zero-order valence-electron chi connectivity index (χ0n) is 9.96. The second-order valence-electron chi connectivity index (χ2n) is 3.90. The molecule has 6 heteroatoms. The minimum atomic E-state index is -0.442. The van der Waals surface area contributed by atoms with Crippen molar-refractivity contribution in [1.82, 2.24) is 0 Å². The average molecular weight is 331 g/mol. The minimum absolute atomic E-state index is 0.00165. The summed E-state index contributed by atoms with van der Waals surface area (Å²) >= 11 is 17.6. The molecule has 0 spiro atoms. The van der Waals surface area contributed by atoms with E-state index in [2.05, 4.69) is 0 Å². The first-order chi connectivity index (χ1) is 9.51. The van der Waals surface area contributed by atoms with Crippen LogP contribution in [0.5, 0.6) is 5.75 Å². The van der Waals surface area contributed by atoms with Gasteiger partial charge in [0.1, 0.15) is 18.2 Å². The Balaban J connectivity index is 2.23. The van der Waals surface area contributed by atoms with Gasteiger partial charge >= 0.3 is 0 Å². The van der Waals surface area contributed by atoms with Crippen molar-refractivity contribution >= 4 is 34.8 Å². The number of rotatable bonds is 3. The molecule has 0 aliphatic rings. The first-order valence-corrected chi connectivity index (χ1v) is 6.60. The summed E-state index contributed by atoms with van der Waals surface area (Å²) in [6.45, 7) is -0.00165. The SMILES string of the molecule is N#Cc1ccc(F)cc1COc1cc(Cl)c(Cl)cc1Cl. The molecule has 0 bridgehead atoms. The molecule has 2 aromatic rings. The summed E-state index contributed by atoms with van der Waals surface area (Å²) in [6, 6.07) is 8.74. The Kier molecular flexibility index (Phi) is 4.72. The summed E-state index contributed by atoms with van der Waals surface area (Å²) in [6.07, 6.45) is 0. The Hall–Kier alpha value is -1.47. The molecular weight excluding hydrogens is 324 g/mol. The number of halogens is 4. The molecular formula is C14H7Cl3FNO. The van der Waals surface area contributed by atoms with E-state index in [0.29, 0.717) is 26.9 Å². The fourth-order valence-electron chi connectivity index (χ4n) is 1.56. The molecule has 0 aromatic heterocycles. The molecule has 0 radical (unpaired) electrons. The maximum Gasteiger partial charge on any atom is 0.139 e. The first-order valence-electron chi connectivity index (χ1n) is 5.47. The zero-order valence-corrected chi connectivity index (χ0v) is 12.2. The monoisotopic (exact) mass is 329 g/mol. The van der Waals surface area contributed by atoms with Gasteiger partial charge in [0.2, 0.25) is 0 Å². The molecule has 0 saturated carbocycles. The number of hydrogen-bond donors (Lipinski definition) is 0. The van der Waals surface area contributed by atoms with Gasteiger partial charge in [-0.05, 0) is 24.3 Å². The number of benzene rings is 2. The minimum Gasteiger partial charge on any atom is -0.487 e. The normalized spacial score (nSPS) is 10.2. The van der Waals surface area contributed by atoms with Crippen LogP contribution in [0.2, 0.25) is 15.1 Å². The number of ether oxygens (including phenoxy) is 1. The van der Waals surface area contributed by atoms with E-state index in [1.165, 1.54) is 30.3 Å². The van der Waals surface area contributed by atoms with Crippen molar-refractivity contribution < 1.29 is 9.13 Å². The maximum atomic E-state index is 13.2. The molecule has 0 aliphatic heterocycles. The van der Waals surface area contributed by atoms with Crippen LogP contribution in [-0.2, 0) is 6.61 Å². The summed E-state index contributed by atoms with van der Waals surface area (Å²) in [5.74, 6) is -0.128. The van der Waals surface area contributed by atoms with Crippen LogP contribution in [0.4, 0.5) is 4.39 Å². The molecule has 2 nitrogen and oxygen atoms in total. The van der Waals surface area contributed by atoms with Gasteiger partial charge in [0, 0.05) is 11.6 Å². The highest BCUT2D eigenvalue weighted by Gasteiger charge is 2.09. The van der Waals surface area contributed by atoms with Crippen molar-refractivity contribution in [2.45, 2.75) is 6.61 Å². The van der Waals surface area contributed by atoms with Gasteiger partial charge in [-0.3, -0.25) is 0 Å². The second-order valence-corrected chi connectivity index (χ2v) is 5.12. The summed E-state index contributed by atoms with van der Waals surface area (Å²) in [7, 11) is 0. The quantitative estimate of drug-likeness (QED) is 0.721. The van der Waals surface area contributed by atoms with Crippen LogP contribution in [0.25, 0.3) is 0 Å². The van der Waals surface area contributed by atoms with Crippen LogP contribution in [-0.4, -0.2) is 0 Å². The number of nitriles is 1. The van der Waals surface area contributed by atoms with Crippen LogP contribution in [0.15, 0.2) is 30.3 Å². The smallest absolute Gasteiger partial charge is 0.139 e. The fraction of sp³-hybridized carbons (Fsp3) is 0.0714. The largest absolute Gasteiger partial charge is 0.487 e. The van der Waals surface area contributed by atoms with Gasteiger partial charge in [-0.15, -0.1) is 0 Å². The van der Waals surface area contributed by atoms with Gasteiger partial charge in [0.05, 0.1) is 26.7 Å². The Morgan fingerprint density at radius 2 is 1.75 bits per heavy atom. The molecule has 0 heterocycles. The molecule has 0 aliphatic carbocycles. The summed E-state index contributed by atoms with van der Waals surface area (Å²) in [5, 5.41) is 9.84. The van der Waals surface area contributed by atoms with E-state index in [-0.39, 0.29) is 11.6 Å². The van der Waals surface area contributed by atoms with E-state index in [9.17, 15) is 4.39 Å². The standard InChI is InChI=1S/C14H7Cl3FNO/c15-11-4-13(17)14(5-12(11)16)20-7-9-3-10(18)2-1-8(9)6-19/h1-5H,7H2. The van der Waals surface area contributed by atoms with Gasteiger partial charge in [-0.1, -0.05) is 34.8 Å². The molecule has 0 unspecified atom stereocenters. The van der Waals surface area contributed by atoms with Crippen molar-refractivity contribution in [1.29, 1.82) is 5.26 Å². The van der Waals surface area contributed by atoms with Crippen LogP contribution >= 0.6 is 34.8 Å². The molecule has 2 aromatic carbocycles. The third kappa shape index (κ3) is 3.34. The zero-order chi connectivity index (χ0) is 14.7. The van der Waals surface area contributed by atoms with Crippen LogP contribution in [0, 0.1) is 17.1 Å². The van der Waals surface area contributed by atoms with Gasteiger partial charge in [0.15, 0.2) is 0 Å². The fourth-order valence-corrected chi connectivity index (χ4v) is 2.15. The van der Waals surface area contributed by atoms with Crippen molar-refractivity contribution in [3.05, 3.63) is 62.3 Å². The lowest BCUT2D eigenvalue weighted by Gasteiger charge is -2.10. The molecule has 2 rings (SSSR count). The lowest BCUT2D eigenvalue weighted by atomic mass is 10.1. The molecule has 0 fully saturated rings. The predicted octanol–water partition coefficient (Wildman–Crippen LogP) is 5.24. The molecule has 102 valence electrons. The Morgan fingerprint density at radius 3 is 2.45 bits per heavy atom. The van der Waals surface area contributed by atoms with Gasteiger partial charge in [-0.2, -0.15) is 5.26 Å². The topological polar surface area (TPSA) is 33.0 Å².